The lowest BCUT2D eigenvalue weighted by Crippen LogP contribution is -2.10. The number of ether oxygens (including phenoxy) is 1. The first-order valence-electron chi connectivity index (χ1n) is 7.06. The van der Waals surface area contributed by atoms with Crippen molar-refractivity contribution in [2.24, 2.45) is 7.05 Å². The van der Waals surface area contributed by atoms with Crippen LogP contribution in [0.2, 0.25) is 0 Å². The van der Waals surface area contributed by atoms with E-state index in [1.165, 1.54) is 5.56 Å². The molecular formula is C14H22N6O. The summed E-state index contributed by atoms with van der Waals surface area (Å²) in [6.45, 7) is 3.81. The first-order chi connectivity index (χ1) is 10.2. The van der Waals surface area contributed by atoms with Crippen molar-refractivity contribution in [3.8, 4) is 0 Å². The van der Waals surface area contributed by atoms with Gasteiger partial charge in [0, 0.05) is 39.5 Å². The number of anilines is 2. The van der Waals surface area contributed by atoms with Crippen LogP contribution >= 0.6 is 0 Å². The maximum Gasteiger partial charge on any atom is 0.158 e. The molecule has 2 heterocycles. The maximum atomic E-state index is 5.36. The van der Waals surface area contributed by atoms with E-state index >= 15 is 0 Å². The van der Waals surface area contributed by atoms with Crippen molar-refractivity contribution in [3.63, 3.8) is 0 Å². The van der Waals surface area contributed by atoms with E-state index < -0.39 is 0 Å². The highest BCUT2D eigenvalue weighted by molar-refractivity contribution is 5.47. The van der Waals surface area contributed by atoms with Crippen LogP contribution in [0.15, 0.2) is 18.5 Å². The first kappa shape index (κ1) is 15.2. The second-order valence-electron chi connectivity index (χ2n) is 4.64. The lowest BCUT2D eigenvalue weighted by atomic mass is 10.2. The van der Waals surface area contributed by atoms with Crippen molar-refractivity contribution in [2.45, 2.75) is 20.0 Å². The van der Waals surface area contributed by atoms with Crippen molar-refractivity contribution in [1.82, 2.24) is 19.7 Å². The number of aryl methyl sites for hydroxylation is 1. The topological polar surface area (TPSA) is 76.9 Å². The lowest BCUT2D eigenvalue weighted by Gasteiger charge is -2.09. The van der Waals surface area contributed by atoms with Gasteiger partial charge in [-0.3, -0.25) is 4.68 Å². The summed E-state index contributed by atoms with van der Waals surface area (Å²) in [5.74, 6) is 2.25. The third-order valence-corrected chi connectivity index (χ3v) is 2.94. The zero-order chi connectivity index (χ0) is 15.1. The summed E-state index contributed by atoms with van der Waals surface area (Å²) in [5, 5.41) is 10.5. The van der Waals surface area contributed by atoms with Gasteiger partial charge in [0.1, 0.15) is 18.2 Å². The van der Waals surface area contributed by atoms with Gasteiger partial charge in [0.2, 0.25) is 0 Å². The Morgan fingerprint density at radius 1 is 1.29 bits per heavy atom. The summed E-state index contributed by atoms with van der Waals surface area (Å²) in [6, 6.07) is 1.89. The molecule has 0 unspecified atom stereocenters. The van der Waals surface area contributed by atoms with Crippen LogP contribution in [-0.2, 0) is 24.8 Å². The summed E-state index contributed by atoms with van der Waals surface area (Å²) in [6.07, 6.45) is 4.79. The second kappa shape index (κ2) is 7.58. The quantitative estimate of drug-likeness (QED) is 0.766. The molecule has 0 aromatic carbocycles. The molecule has 2 N–H and O–H groups in total. The van der Waals surface area contributed by atoms with Crippen LogP contribution in [0.3, 0.4) is 0 Å². The van der Waals surface area contributed by atoms with Gasteiger partial charge in [-0.05, 0) is 18.9 Å². The van der Waals surface area contributed by atoms with Crippen LogP contribution in [0.5, 0.6) is 0 Å². The minimum atomic E-state index is 0.420. The predicted molar refractivity (Wildman–Crippen MR) is 82.3 cm³/mol. The first-order valence-corrected chi connectivity index (χ1v) is 7.06. The minimum Gasteiger partial charge on any atom is -0.374 e. The minimum absolute atomic E-state index is 0.420. The van der Waals surface area contributed by atoms with Gasteiger partial charge in [-0.25, -0.2) is 9.97 Å². The third-order valence-electron chi connectivity index (χ3n) is 2.94. The maximum absolute atomic E-state index is 5.36. The molecule has 0 spiro atoms. The molecule has 2 aromatic heterocycles. The molecule has 0 saturated carbocycles. The highest BCUT2D eigenvalue weighted by Gasteiger charge is 2.04. The molecule has 2 aromatic rings. The predicted octanol–water partition coefficient (Wildman–Crippen LogP) is 1.44. The van der Waals surface area contributed by atoms with E-state index in [2.05, 4.69) is 25.7 Å². The SMILES string of the molecule is CCOCc1nc(NC)cc(NCCc2cnn(C)c2)n1. The van der Waals surface area contributed by atoms with Crippen LogP contribution in [0, 0.1) is 0 Å². The average Bonchev–Trinajstić information content (AvgIpc) is 2.90. The van der Waals surface area contributed by atoms with Crippen molar-refractivity contribution in [2.75, 3.05) is 30.8 Å². The van der Waals surface area contributed by atoms with Gasteiger partial charge in [0.15, 0.2) is 5.82 Å². The van der Waals surface area contributed by atoms with Crippen molar-refractivity contribution in [3.05, 3.63) is 29.8 Å². The number of hydrogen-bond donors (Lipinski definition) is 2. The fraction of sp³-hybridized carbons (Fsp3) is 0.500. The molecule has 0 aliphatic rings. The fourth-order valence-corrected chi connectivity index (χ4v) is 1.91. The van der Waals surface area contributed by atoms with Gasteiger partial charge in [0.05, 0.1) is 6.20 Å². The number of nitrogens with zero attached hydrogens (tertiary/aromatic N) is 4. The van der Waals surface area contributed by atoms with E-state index in [1.807, 2.05) is 39.5 Å². The molecule has 7 heteroatoms. The zero-order valence-corrected chi connectivity index (χ0v) is 12.8. The summed E-state index contributed by atoms with van der Waals surface area (Å²) in [4.78, 5) is 8.81. The molecule has 0 atom stereocenters. The number of hydrogen-bond acceptors (Lipinski definition) is 6. The van der Waals surface area contributed by atoms with Gasteiger partial charge in [0.25, 0.3) is 0 Å². The Kier molecular flexibility index (Phi) is 5.51. The Morgan fingerprint density at radius 2 is 2.10 bits per heavy atom. The molecule has 0 bridgehead atoms. The van der Waals surface area contributed by atoms with Crippen molar-refractivity contribution in [1.29, 1.82) is 0 Å². The number of nitrogens with one attached hydrogen (secondary N) is 2. The Bertz CT molecular complexity index is 568. The summed E-state index contributed by atoms with van der Waals surface area (Å²) < 4.78 is 7.16. The second-order valence-corrected chi connectivity index (χ2v) is 4.64. The van der Waals surface area contributed by atoms with Crippen molar-refractivity contribution >= 4 is 11.6 Å². The summed E-state index contributed by atoms with van der Waals surface area (Å²) >= 11 is 0. The van der Waals surface area contributed by atoms with Crippen LogP contribution in [-0.4, -0.2) is 39.9 Å². The summed E-state index contributed by atoms with van der Waals surface area (Å²) in [5.41, 5.74) is 1.20. The standard InChI is InChI=1S/C14H22N6O/c1-4-21-10-14-18-12(15-2)7-13(19-14)16-6-5-11-8-17-20(3)9-11/h7-9H,4-6,10H2,1-3H3,(H2,15,16,18,19). The molecule has 7 nitrogen and oxygen atoms in total. The zero-order valence-electron chi connectivity index (χ0n) is 12.8. The van der Waals surface area contributed by atoms with Crippen molar-refractivity contribution < 1.29 is 4.74 Å². The summed E-state index contributed by atoms with van der Waals surface area (Å²) in [7, 11) is 3.76. The van der Waals surface area contributed by atoms with Gasteiger partial charge in [-0.15, -0.1) is 0 Å². The number of rotatable bonds is 8. The van der Waals surface area contributed by atoms with E-state index in [0.29, 0.717) is 19.0 Å². The normalized spacial score (nSPS) is 10.6. The van der Waals surface area contributed by atoms with E-state index in [1.54, 1.807) is 4.68 Å². The van der Waals surface area contributed by atoms with E-state index in [-0.39, 0.29) is 0 Å². The number of aromatic nitrogens is 4. The van der Waals surface area contributed by atoms with Gasteiger partial charge < -0.3 is 15.4 Å². The highest BCUT2D eigenvalue weighted by Crippen LogP contribution is 2.11. The van der Waals surface area contributed by atoms with Gasteiger partial charge >= 0.3 is 0 Å². The molecule has 0 aliphatic heterocycles. The van der Waals surface area contributed by atoms with E-state index in [4.69, 9.17) is 4.74 Å². The molecule has 114 valence electrons. The van der Waals surface area contributed by atoms with Crippen LogP contribution in [0.4, 0.5) is 11.6 Å². The van der Waals surface area contributed by atoms with Gasteiger partial charge in [-0.1, -0.05) is 0 Å². The highest BCUT2D eigenvalue weighted by atomic mass is 16.5. The molecule has 0 radical (unpaired) electrons. The van der Waals surface area contributed by atoms with Crippen LogP contribution in [0.25, 0.3) is 0 Å². The molecule has 0 aliphatic carbocycles. The average molecular weight is 290 g/mol. The fourth-order valence-electron chi connectivity index (χ4n) is 1.91. The van der Waals surface area contributed by atoms with E-state index in [0.717, 1.165) is 24.6 Å². The monoisotopic (exact) mass is 290 g/mol. The molecule has 2 rings (SSSR count). The lowest BCUT2D eigenvalue weighted by molar-refractivity contribution is 0.128. The molecular weight excluding hydrogens is 268 g/mol. The smallest absolute Gasteiger partial charge is 0.158 e. The Labute approximate surface area is 124 Å². The largest absolute Gasteiger partial charge is 0.374 e. The molecule has 0 fully saturated rings. The van der Waals surface area contributed by atoms with Crippen LogP contribution in [0.1, 0.15) is 18.3 Å². The van der Waals surface area contributed by atoms with Gasteiger partial charge in [-0.2, -0.15) is 5.10 Å². The Morgan fingerprint density at radius 3 is 2.76 bits per heavy atom. The Hall–Kier alpha value is -2.15. The van der Waals surface area contributed by atoms with E-state index in [9.17, 15) is 0 Å². The molecule has 0 amide bonds. The third kappa shape index (κ3) is 4.71. The molecule has 0 saturated heterocycles. The van der Waals surface area contributed by atoms with Crippen LogP contribution < -0.4 is 10.6 Å². The Balaban J connectivity index is 1.94. The molecule has 21 heavy (non-hydrogen) atoms.